The maximum Gasteiger partial charge on any atom is 0.173 e. The van der Waals surface area contributed by atoms with Crippen molar-refractivity contribution in [3.63, 3.8) is 0 Å². The number of aryl methyl sites for hydroxylation is 1. The molecule has 0 fully saturated rings. The molecular formula is C16H15BrO2S. The van der Waals surface area contributed by atoms with Crippen molar-refractivity contribution in [2.75, 3.05) is 12.9 Å². The number of ketones is 1. The topological polar surface area (TPSA) is 26.3 Å². The predicted octanol–water partition coefficient (Wildman–Crippen LogP) is 4.74. The third-order valence-corrected chi connectivity index (χ3v) is 4.72. The van der Waals surface area contributed by atoms with Crippen LogP contribution in [-0.4, -0.2) is 18.6 Å². The minimum atomic E-state index is 0.113. The lowest BCUT2D eigenvalue weighted by molar-refractivity contribution is 0.102. The van der Waals surface area contributed by atoms with E-state index >= 15 is 0 Å². The van der Waals surface area contributed by atoms with Gasteiger partial charge in [-0.25, -0.2) is 0 Å². The highest BCUT2D eigenvalue weighted by Gasteiger charge is 2.10. The van der Waals surface area contributed by atoms with Crippen LogP contribution < -0.4 is 4.74 Å². The molecule has 0 aliphatic carbocycles. The van der Waals surface area contributed by atoms with E-state index in [1.807, 2.05) is 18.2 Å². The number of Topliss-reactive ketones (excluding diaryl/α,β-unsaturated/α-hetero) is 1. The van der Waals surface area contributed by atoms with Crippen molar-refractivity contribution in [3.05, 3.63) is 58.1 Å². The van der Waals surface area contributed by atoms with E-state index in [1.165, 1.54) is 5.56 Å². The zero-order valence-electron chi connectivity index (χ0n) is 11.4. The summed E-state index contributed by atoms with van der Waals surface area (Å²) in [7, 11) is 1.61. The second-order valence-corrected chi connectivity index (χ2v) is 6.20. The van der Waals surface area contributed by atoms with Crippen molar-refractivity contribution in [3.8, 4) is 5.75 Å². The van der Waals surface area contributed by atoms with Gasteiger partial charge in [0.2, 0.25) is 0 Å². The third kappa shape index (κ3) is 3.64. The van der Waals surface area contributed by atoms with Crippen LogP contribution in [-0.2, 0) is 0 Å². The molecule has 0 atom stereocenters. The second kappa shape index (κ2) is 6.95. The van der Waals surface area contributed by atoms with Crippen LogP contribution in [0.3, 0.4) is 0 Å². The molecule has 4 heteroatoms. The number of ether oxygens (including phenoxy) is 1. The first-order valence-electron chi connectivity index (χ1n) is 6.17. The Morgan fingerprint density at radius 2 is 2.00 bits per heavy atom. The Kier molecular flexibility index (Phi) is 5.26. The Morgan fingerprint density at radius 1 is 1.25 bits per heavy atom. The van der Waals surface area contributed by atoms with E-state index in [1.54, 1.807) is 37.1 Å². The maximum atomic E-state index is 12.2. The molecule has 2 aromatic carbocycles. The molecule has 0 saturated carbocycles. The Morgan fingerprint density at radius 3 is 2.65 bits per heavy atom. The Balaban J connectivity index is 2.05. The summed E-state index contributed by atoms with van der Waals surface area (Å²) in [6, 6.07) is 13.5. The normalized spacial score (nSPS) is 10.3. The Hall–Kier alpha value is -1.26. The lowest BCUT2D eigenvalue weighted by atomic mass is 10.1. The first kappa shape index (κ1) is 15.1. The highest BCUT2D eigenvalue weighted by atomic mass is 79.9. The van der Waals surface area contributed by atoms with Gasteiger partial charge in [0.1, 0.15) is 5.75 Å². The number of halogens is 1. The maximum absolute atomic E-state index is 12.2. The molecule has 2 nitrogen and oxygen atoms in total. The largest absolute Gasteiger partial charge is 0.496 e. The molecule has 2 rings (SSSR count). The molecule has 2 aromatic rings. The van der Waals surface area contributed by atoms with Gasteiger partial charge in [-0.2, -0.15) is 0 Å². The molecule has 0 saturated heterocycles. The molecule has 0 radical (unpaired) electrons. The zero-order valence-corrected chi connectivity index (χ0v) is 13.8. The molecule has 20 heavy (non-hydrogen) atoms. The number of benzene rings is 2. The summed E-state index contributed by atoms with van der Waals surface area (Å²) in [6.07, 6.45) is 0. The van der Waals surface area contributed by atoms with Gasteiger partial charge in [0, 0.05) is 10.5 Å². The van der Waals surface area contributed by atoms with Gasteiger partial charge >= 0.3 is 0 Å². The molecule has 0 aliphatic heterocycles. The Labute approximate surface area is 131 Å². The second-order valence-electron chi connectivity index (χ2n) is 4.33. The first-order valence-corrected chi connectivity index (χ1v) is 7.95. The fraction of sp³-hybridized carbons (Fsp3) is 0.188. The van der Waals surface area contributed by atoms with Gasteiger partial charge in [-0.1, -0.05) is 18.2 Å². The SMILES string of the molecule is COc1ccc(C(=O)CSc2ccccc2C)cc1Br. The van der Waals surface area contributed by atoms with Crippen LogP contribution in [0.5, 0.6) is 5.75 Å². The highest BCUT2D eigenvalue weighted by molar-refractivity contribution is 9.10. The van der Waals surface area contributed by atoms with Crippen LogP contribution in [0.2, 0.25) is 0 Å². The summed E-state index contributed by atoms with van der Waals surface area (Å²) in [5, 5.41) is 0. The number of rotatable bonds is 5. The molecule has 0 heterocycles. The average molecular weight is 351 g/mol. The van der Waals surface area contributed by atoms with Crippen LogP contribution in [0.15, 0.2) is 51.8 Å². The van der Waals surface area contributed by atoms with Crippen LogP contribution in [0, 0.1) is 6.92 Å². The van der Waals surface area contributed by atoms with Crippen molar-refractivity contribution in [1.82, 2.24) is 0 Å². The number of carbonyl (C=O) groups excluding carboxylic acids is 1. The lowest BCUT2D eigenvalue weighted by Crippen LogP contribution is -2.03. The van der Waals surface area contributed by atoms with E-state index in [0.29, 0.717) is 11.3 Å². The van der Waals surface area contributed by atoms with Crippen molar-refractivity contribution in [1.29, 1.82) is 0 Å². The van der Waals surface area contributed by atoms with E-state index in [4.69, 9.17) is 4.74 Å². The fourth-order valence-electron chi connectivity index (χ4n) is 1.78. The number of carbonyl (C=O) groups is 1. The van der Waals surface area contributed by atoms with Crippen molar-refractivity contribution in [2.45, 2.75) is 11.8 Å². The number of thioether (sulfide) groups is 1. The summed E-state index contributed by atoms with van der Waals surface area (Å²) in [5.74, 6) is 1.28. The Bertz CT molecular complexity index is 626. The molecule has 0 amide bonds. The molecule has 0 spiro atoms. The lowest BCUT2D eigenvalue weighted by Gasteiger charge is -2.07. The fourth-order valence-corrected chi connectivity index (χ4v) is 3.25. The molecule has 0 N–H and O–H groups in total. The summed E-state index contributed by atoms with van der Waals surface area (Å²) >= 11 is 4.97. The first-order chi connectivity index (χ1) is 9.61. The van der Waals surface area contributed by atoms with Crippen molar-refractivity contribution in [2.24, 2.45) is 0 Å². The number of hydrogen-bond acceptors (Lipinski definition) is 3. The van der Waals surface area contributed by atoms with E-state index in [9.17, 15) is 4.79 Å². The van der Waals surface area contributed by atoms with Gasteiger partial charge in [-0.3, -0.25) is 4.79 Å². The van der Waals surface area contributed by atoms with Gasteiger partial charge < -0.3 is 4.74 Å². The molecule has 104 valence electrons. The molecule has 0 aliphatic rings. The average Bonchev–Trinajstić information content (AvgIpc) is 2.46. The van der Waals surface area contributed by atoms with E-state index in [-0.39, 0.29) is 5.78 Å². The van der Waals surface area contributed by atoms with E-state index < -0.39 is 0 Å². The van der Waals surface area contributed by atoms with Gasteiger partial charge in [0.05, 0.1) is 17.3 Å². The van der Waals surface area contributed by atoms with Crippen molar-refractivity contribution >= 4 is 33.5 Å². The molecule has 0 aromatic heterocycles. The minimum absolute atomic E-state index is 0.113. The van der Waals surface area contributed by atoms with Gasteiger partial charge in [-0.05, 0) is 52.7 Å². The minimum Gasteiger partial charge on any atom is -0.496 e. The van der Waals surface area contributed by atoms with Crippen LogP contribution in [0.25, 0.3) is 0 Å². The number of hydrogen-bond donors (Lipinski definition) is 0. The summed E-state index contributed by atoms with van der Waals surface area (Å²) < 4.78 is 5.96. The molecule has 0 unspecified atom stereocenters. The van der Waals surface area contributed by atoms with E-state index in [2.05, 4.69) is 28.9 Å². The molecular weight excluding hydrogens is 336 g/mol. The predicted molar refractivity (Wildman–Crippen MR) is 86.9 cm³/mol. The zero-order chi connectivity index (χ0) is 14.5. The van der Waals surface area contributed by atoms with Gasteiger partial charge in [0.15, 0.2) is 5.78 Å². The van der Waals surface area contributed by atoms with Gasteiger partial charge in [-0.15, -0.1) is 11.8 Å². The van der Waals surface area contributed by atoms with Crippen LogP contribution in [0.4, 0.5) is 0 Å². The quantitative estimate of drug-likeness (QED) is 0.575. The van der Waals surface area contributed by atoms with Crippen LogP contribution >= 0.6 is 27.7 Å². The van der Waals surface area contributed by atoms with E-state index in [0.717, 1.165) is 15.1 Å². The monoisotopic (exact) mass is 350 g/mol. The number of methoxy groups -OCH3 is 1. The smallest absolute Gasteiger partial charge is 0.173 e. The summed E-state index contributed by atoms with van der Waals surface area (Å²) in [4.78, 5) is 13.3. The molecule has 0 bridgehead atoms. The van der Waals surface area contributed by atoms with Gasteiger partial charge in [0.25, 0.3) is 0 Å². The highest BCUT2D eigenvalue weighted by Crippen LogP contribution is 2.27. The third-order valence-electron chi connectivity index (χ3n) is 2.93. The van der Waals surface area contributed by atoms with Crippen LogP contribution in [0.1, 0.15) is 15.9 Å². The van der Waals surface area contributed by atoms with Crippen molar-refractivity contribution < 1.29 is 9.53 Å². The summed E-state index contributed by atoms with van der Waals surface area (Å²) in [6.45, 7) is 2.05. The summed E-state index contributed by atoms with van der Waals surface area (Å²) in [5.41, 5.74) is 1.89. The standard InChI is InChI=1S/C16H15BrO2S/c1-11-5-3-4-6-16(11)20-10-14(18)12-7-8-15(19-2)13(17)9-12/h3-9H,10H2,1-2H3.